The smallest absolute Gasteiger partial charge is 0.274 e. The Kier molecular flexibility index (Phi) is 5.07. The van der Waals surface area contributed by atoms with Gasteiger partial charge in [-0.25, -0.2) is 4.68 Å². The molecule has 4 aromatic rings. The van der Waals surface area contributed by atoms with Crippen LogP contribution in [0.3, 0.4) is 0 Å². The van der Waals surface area contributed by atoms with Gasteiger partial charge in [-0.1, -0.05) is 47.1 Å². The second-order valence-electron chi connectivity index (χ2n) is 7.72. The summed E-state index contributed by atoms with van der Waals surface area (Å²) >= 11 is 6.24. The molecular weight excluding hydrogens is 428 g/mol. The lowest BCUT2D eigenvalue weighted by Crippen LogP contribution is -2.42. The third-order valence-corrected chi connectivity index (χ3v) is 5.95. The van der Waals surface area contributed by atoms with Crippen LogP contribution in [0, 0.1) is 0 Å². The summed E-state index contributed by atoms with van der Waals surface area (Å²) in [5, 5.41) is 13.0. The molecule has 8 nitrogen and oxygen atoms in total. The number of fused-ring (bicyclic) bond motifs is 2. The molecule has 0 aliphatic carbocycles. The molecule has 1 aliphatic rings. The summed E-state index contributed by atoms with van der Waals surface area (Å²) in [6, 6.07) is 13.1. The zero-order valence-electron chi connectivity index (χ0n) is 17.2. The van der Waals surface area contributed by atoms with Crippen molar-refractivity contribution in [3.63, 3.8) is 0 Å². The van der Waals surface area contributed by atoms with Crippen LogP contribution in [0.2, 0.25) is 5.02 Å². The van der Waals surface area contributed by atoms with Gasteiger partial charge in [0.2, 0.25) is 5.91 Å². The molecule has 2 aromatic carbocycles. The average Bonchev–Trinajstić information content (AvgIpc) is 3.24. The SMILES string of the molecule is Cn1nncc1C(=O)N1Cc2ccc(Cl)cc2C(C(=O)Nc2cncc3ccccc23)C1. The zero-order chi connectivity index (χ0) is 22.2. The van der Waals surface area contributed by atoms with Gasteiger partial charge >= 0.3 is 0 Å². The van der Waals surface area contributed by atoms with Crippen LogP contribution in [0.1, 0.15) is 27.5 Å². The van der Waals surface area contributed by atoms with Gasteiger partial charge < -0.3 is 10.2 Å². The summed E-state index contributed by atoms with van der Waals surface area (Å²) in [5.74, 6) is -1.06. The van der Waals surface area contributed by atoms with E-state index in [0.29, 0.717) is 22.9 Å². The van der Waals surface area contributed by atoms with E-state index in [1.807, 2.05) is 30.3 Å². The fourth-order valence-electron chi connectivity index (χ4n) is 4.08. The van der Waals surface area contributed by atoms with E-state index in [1.54, 1.807) is 36.5 Å². The van der Waals surface area contributed by atoms with Crippen LogP contribution < -0.4 is 5.32 Å². The number of aryl methyl sites for hydroxylation is 1. The number of halogens is 1. The first-order valence-corrected chi connectivity index (χ1v) is 10.4. The molecule has 1 aliphatic heterocycles. The first-order valence-electron chi connectivity index (χ1n) is 10.1. The van der Waals surface area contributed by atoms with Gasteiger partial charge in [0.15, 0.2) is 0 Å². The van der Waals surface area contributed by atoms with Crippen molar-refractivity contribution in [2.45, 2.75) is 12.5 Å². The maximum absolute atomic E-state index is 13.5. The second-order valence-corrected chi connectivity index (χ2v) is 8.16. The van der Waals surface area contributed by atoms with Gasteiger partial charge in [0, 0.05) is 42.1 Å². The molecule has 5 rings (SSSR count). The van der Waals surface area contributed by atoms with Crippen molar-refractivity contribution in [3.05, 3.63) is 82.9 Å². The highest BCUT2D eigenvalue weighted by Crippen LogP contribution is 2.33. The van der Waals surface area contributed by atoms with Crippen molar-refractivity contribution >= 4 is 39.9 Å². The van der Waals surface area contributed by atoms with E-state index in [9.17, 15) is 9.59 Å². The van der Waals surface area contributed by atoms with Crippen LogP contribution in [0.25, 0.3) is 10.8 Å². The molecule has 3 heterocycles. The maximum Gasteiger partial charge on any atom is 0.274 e. The number of aromatic nitrogens is 4. The number of amides is 2. The Morgan fingerprint density at radius 2 is 1.97 bits per heavy atom. The first-order chi connectivity index (χ1) is 15.5. The number of carbonyl (C=O) groups is 2. The summed E-state index contributed by atoms with van der Waals surface area (Å²) in [6.07, 6.45) is 4.81. The van der Waals surface area contributed by atoms with Crippen LogP contribution in [-0.4, -0.2) is 43.2 Å². The third kappa shape index (κ3) is 3.58. The highest BCUT2D eigenvalue weighted by Gasteiger charge is 2.34. The van der Waals surface area contributed by atoms with Gasteiger partial charge in [0.25, 0.3) is 5.91 Å². The molecular formula is C23H19ClN6O2. The van der Waals surface area contributed by atoms with Gasteiger partial charge in [0.1, 0.15) is 5.69 Å². The lowest BCUT2D eigenvalue weighted by atomic mass is 9.88. The van der Waals surface area contributed by atoms with Crippen molar-refractivity contribution in [3.8, 4) is 0 Å². The van der Waals surface area contributed by atoms with Gasteiger partial charge in [-0.15, -0.1) is 5.10 Å². The lowest BCUT2D eigenvalue weighted by Gasteiger charge is -2.34. The summed E-state index contributed by atoms with van der Waals surface area (Å²) in [7, 11) is 1.66. The Morgan fingerprint density at radius 1 is 1.12 bits per heavy atom. The molecule has 2 aromatic heterocycles. The summed E-state index contributed by atoms with van der Waals surface area (Å²) in [5.41, 5.74) is 2.67. The topological polar surface area (TPSA) is 93.0 Å². The van der Waals surface area contributed by atoms with Gasteiger partial charge in [-0.3, -0.25) is 14.6 Å². The maximum atomic E-state index is 13.5. The number of carbonyl (C=O) groups excluding carboxylic acids is 2. The van der Waals surface area contributed by atoms with E-state index >= 15 is 0 Å². The highest BCUT2D eigenvalue weighted by atomic mass is 35.5. The molecule has 1 N–H and O–H groups in total. The Morgan fingerprint density at radius 3 is 2.78 bits per heavy atom. The number of anilines is 1. The monoisotopic (exact) mass is 446 g/mol. The third-order valence-electron chi connectivity index (χ3n) is 5.71. The van der Waals surface area contributed by atoms with Crippen LogP contribution in [0.4, 0.5) is 5.69 Å². The zero-order valence-corrected chi connectivity index (χ0v) is 18.0. The number of rotatable bonds is 3. The predicted octanol–water partition coefficient (Wildman–Crippen LogP) is 3.40. The van der Waals surface area contributed by atoms with Crippen molar-refractivity contribution in [1.82, 2.24) is 24.9 Å². The molecule has 1 atom stereocenters. The van der Waals surface area contributed by atoms with Crippen LogP contribution >= 0.6 is 11.6 Å². The Labute approximate surface area is 188 Å². The molecule has 0 fully saturated rings. The minimum absolute atomic E-state index is 0.210. The second kappa shape index (κ2) is 8.05. The predicted molar refractivity (Wildman–Crippen MR) is 120 cm³/mol. The van der Waals surface area contributed by atoms with E-state index in [2.05, 4.69) is 20.6 Å². The normalized spacial score (nSPS) is 15.4. The van der Waals surface area contributed by atoms with E-state index in [0.717, 1.165) is 21.9 Å². The van der Waals surface area contributed by atoms with Gasteiger partial charge in [-0.2, -0.15) is 0 Å². The number of hydrogen-bond donors (Lipinski definition) is 1. The van der Waals surface area contributed by atoms with Crippen LogP contribution in [-0.2, 0) is 18.4 Å². The van der Waals surface area contributed by atoms with E-state index in [4.69, 9.17) is 11.6 Å². The number of pyridine rings is 1. The largest absolute Gasteiger partial charge is 0.332 e. The van der Waals surface area contributed by atoms with Gasteiger partial charge in [-0.05, 0) is 23.3 Å². The molecule has 0 saturated heterocycles. The minimum atomic E-state index is -0.596. The summed E-state index contributed by atoms with van der Waals surface area (Å²) < 4.78 is 1.43. The first kappa shape index (κ1) is 20.1. The molecule has 0 bridgehead atoms. The van der Waals surface area contributed by atoms with Crippen molar-refractivity contribution < 1.29 is 9.59 Å². The van der Waals surface area contributed by atoms with Gasteiger partial charge in [0.05, 0.1) is 24.0 Å². The number of hydrogen-bond acceptors (Lipinski definition) is 5. The fourth-order valence-corrected chi connectivity index (χ4v) is 4.26. The van der Waals surface area contributed by atoms with Crippen molar-refractivity contribution in [1.29, 1.82) is 0 Å². The van der Waals surface area contributed by atoms with Crippen LogP contribution in [0.5, 0.6) is 0 Å². The minimum Gasteiger partial charge on any atom is -0.332 e. The fraction of sp³-hybridized carbons (Fsp3) is 0.174. The summed E-state index contributed by atoms with van der Waals surface area (Å²) in [6.45, 7) is 0.581. The van der Waals surface area contributed by atoms with Crippen LogP contribution in [0.15, 0.2) is 61.1 Å². The standard InChI is InChI=1S/C23H19ClN6O2/c1-29-21(11-26-28-29)23(32)30-12-15-6-7-16(24)8-18(15)19(13-30)22(31)27-20-10-25-9-14-4-2-3-5-17(14)20/h2-11,19H,12-13H2,1H3,(H,27,31). The highest BCUT2D eigenvalue weighted by molar-refractivity contribution is 6.30. The average molecular weight is 447 g/mol. The molecule has 0 radical (unpaired) electrons. The molecule has 9 heteroatoms. The quantitative estimate of drug-likeness (QED) is 0.520. The van der Waals surface area contributed by atoms with E-state index < -0.39 is 5.92 Å². The van der Waals surface area contributed by atoms with Crippen molar-refractivity contribution in [2.75, 3.05) is 11.9 Å². The Balaban J connectivity index is 1.49. The van der Waals surface area contributed by atoms with E-state index in [1.165, 1.54) is 10.9 Å². The Hall–Kier alpha value is -3.78. The van der Waals surface area contributed by atoms with Crippen molar-refractivity contribution in [2.24, 2.45) is 7.05 Å². The molecule has 1 unspecified atom stereocenters. The number of benzene rings is 2. The molecule has 0 spiro atoms. The molecule has 0 saturated carbocycles. The molecule has 32 heavy (non-hydrogen) atoms. The van der Waals surface area contributed by atoms with E-state index in [-0.39, 0.29) is 18.4 Å². The molecule has 160 valence electrons. The Bertz CT molecular complexity index is 1350. The number of nitrogens with zero attached hydrogens (tertiary/aromatic N) is 5. The lowest BCUT2D eigenvalue weighted by molar-refractivity contribution is -0.118. The molecule has 2 amide bonds. The number of nitrogens with one attached hydrogen (secondary N) is 1. The summed E-state index contributed by atoms with van der Waals surface area (Å²) in [4.78, 5) is 32.5.